The third-order valence-electron chi connectivity index (χ3n) is 3.25. The van der Waals surface area contributed by atoms with Gasteiger partial charge in [-0.2, -0.15) is 0 Å². The number of pyridine rings is 1. The van der Waals surface area contributed by atoms with Crippen molar-refractivity contribution < 1.29 is 4.74 Å². The lowest BCUT2D eigenvalue weighted by molar-refractivity contribution is 0.222. The van der Waals surface area contributed by atoms with E-state index in [1.54, 1.807) is 6.20 Å². The van der Waals surface area contributed by atoms with Gasteiger partial charge in [0.25, 0.3) is 0 Å². The summed E-state index contributed by atoms with van der Waals surface area (Å²) in [4.78, 5) is 4.25. The number of nitrogen functional groups attached to an aromatic ring is 1. The molecule has 2 heterocycles. The van der Waals surface area contributed by atoms with Crippen LogP contribution in [0.2, 0.25) is 0 Å². The SMILES string of the molecule is Nc1cccc(-c2cncc(O[C@H]3CCNC3)c2)c1. The molecule has 4 nitrogen and oxygen atoms in total. The summed E-state index contributed by atoms with van der Waals surface area (Å²) in [6.07, 6.45) is 4.88. The summed E-state index contributed by atoms with van der Waals surface area (Å²) < 4.78 is 5.91. The number of ether oxygens (including phenoxy) is 1. The number of nitrogens with one attached hydrogen (secondary N) is 1. The molecule has 0 unspecified atom stereocenters. The quantitative estimate of drug-likeness (QED) is 0.824. The molecule has 3 N–H and O–H groups in total. The van der Waals surface area contributed by atoms with Crippen LogP contribution < -0.4 is 15.8 Å². The molecule has 19 heavy (non-hydrogen) atoms. The van der Waals surface area contributed by atoms with Gasteiger partial charge in [0.1, 0.15) is 11.9 Å². The highest BCUT2D eigenvalue weighted by atomic mass is 16.5. The van der Waals surface area contributed by atoms with E-state index in [-0.39, 0.29) is 6.10 Å². The Kier molecular flexibility index (Phi) is 3.33. The van der Waals surface area contributed by atoms with Gasteiger partial charge in [0.15, 0.2) is 0 Å². The maximum atomic E-state index is 5.91. The lowest BCUT2D eigenvalue weighted by Crippen LogP contribution is -2.19. The topological polar surface area (TPSA) is 60.2 Å². The molecule has 1 aromatic carbocycles. The fraction of sp³-hybridized carbons (Fsp3) is 0.267. The van der Waals surface area contributed by atoms with Crippen LogP contribution in [0.5, 0.6) is 5.75 Å². The number of nitrogens with zero attached hydrogens (tertiary/aromatic N) is 1. The molecule has 4 heteroatoms. The average Bonchev–Trinajstić information content (AvgIpc) is 2.92. The van der Waals surface area contributed by atoms with E-state index in [1.165, 1.54) is 0 Å². The van der Waals surface area contributed by atoms with Crippen LogP contribution in [0, 0.1) is 0 Å². The number of nitrogens with two attached hydrogens (primary N) is 1. The van der Waals surface area contributed by atoms with E-state index in [9.17, 15) is 0 Å². The molecule has 1 aromatic heterocycles. The lowest BCUT2D eigenvalue weighted by atomic mass is 10.1. The van der Waals surface area contributed by atoms with Crippen LogP contribution in [0.15, 0.2) is 42.7 Å². The van der Waals surface area contributed by atoms with Crippen molar-refractivity contribution in [2.75, 3.05) is 18.8 Å². The molecular formula is C15H17N3O. The minimum Gasteiger partial charge on any atom is -0.487 e. The number of hydrogen-bond donors (Lipinski definition) is 2. The second-order valence-corrected chi connectivity index (χ2v) is 4.77. The first-order valence-electron chi connectivity index (χ1n) is 6.49. The summed E-state index contributed by atoms with van der Waals surface area (Å²) in [5.74, 6) is 0.814. The first-order chi connectivity index (χ1) is 9.31. The molecule has 1 fully saturated rings. The molecule has 0 saturated carbocycles. The Morgan fingerprint density at radius 1 is 1.21 bits per heavy atom. The van der Waals surface area contributed by atoms with Crippen LogP contribution >= 0.6 is 0 Å². The minimum absolute atomic E-state index is 0.248. The Morgan fingerprint density at radius 2 is 2.16 bits per heavy atom. The number of rotatable bonds is 3. The summed E-state index contributed by atoms with van der Waals surface area (Å²) in [6, 6.07) is 9.80. The van der Waals surface area contributed by atoms with Crippen LogP contribution in [0.4, 0.5) is 5.69 Å². The first kappa shape index (κ1) is 12.0. The maximum absolute atomic E-state index is 5.91. The van der Waals surface area contributed by atoms with Gasteiger partial charge in [-0.25, -0.2) is 0 Å². The van der Waals surface area contributed by atoms with Crippen molar-refractivity contribution in [2.45, 2.75) is 12.5 Å². The predicted octanol–water partition coefficient (Wildman–Crippen LogP) is 2.07. The normalized spacial score (nSPS) is 18.4. The van der Waals surface area contributed by atoms with Gasteiger partial charge in [-0.15, -0.1) is 0 Å². The van der Waals surface area contributed by atoms with Gasteiger partial charge in [-0.05, 0) is 36.7 Å². The Bertz CT molecular complexity index is 565. The summed E-state index contributed by atoms with van der Waals surface area (Å²) in [7, 11) is 0. The first-order valence-corrected chi connectivity index (χ1v) is 6.49. The predicted molar refractivity (Wildman–Crippen MR) is 76.0 cm³/mol. The monoisotopic (exact) mass is 255 g/mol. The second kappa shape index (κ2) is 5.28. The van der Waals surface area contributed by atoms with Crippen LogP contribution in [0.1, 0.15) is 6.42 Å². The minimum atomic E-state index is 0.248. The van der Waals surface area contributed by atoms with Crippen LogP contribution in [0.25, 0.3) is 11.1 Å². The fourth-order valence-corrected chi connectivity index (χ4v) is 2.28. The third kappa shape index (κ3) is 2.85. The standard InChI is InChI=1S/C15H17N3O/c16-13-3-1-2-11(6-13)12-7-15(10-18-8-12)19-14-4-5-17-9-14/h1-3,6-8,10,14,17H,4-5,9,16H2/t14-/m0/s1. The lowest BCUT2D eigenvalue weighted by Gasteiger charge is -2.13. The average molecular weight is 255 g/mol. The number of anilines is 1. The molecule has 1 atom stereocenters. The number of hydrogen-bond acceptors (Lipinski definition) is 4. The highest BCUT2D eigenvalue weighted by molar-refractivity contribution is 5.67. The van der Waals surface area contributed by atoms with E-state index in [2.05, 4.69) is 10.3 Å². The Morgan fingerprint density at radius 3 is 2.95 bits per heavy atom. The van der Waals surface area contributed by atoms with Crippen molar-refractivity contribution in [1.29, 1.82) is 0 Å². The van der Waals surface area contributed by atoms with E-state index >= 15 is 0 Å². The largest absolute Gasteiger partial charge is 0.487 e. The van der Waals surface area contributed by atoms with Crippen molar-refractivity contribution in [3.05, 3.63) is 42.7 Å². The smallest absolute Gasteiger partial charge is 0.138 e. The van der Waals surface area contributed by atoms with Gasteiger partial charge in [-0.3, -0.25) is 4.98 Å². The Balaban J connectivity index is 1.82. The molecule has 0 bridgehead atoms. The summed E-state index contributed by atoms with van der Waals surface area (Å²) in [5, 5.41) is 3.28. The number of aromatic nitrogens is 1. The Labute approximate surface area is 112 Å². The van der Waals surface area contributed by atoms with Crippen molar-refractivity contribution in [2.24, 2.45) is 0 Å². The third-order valence-corrected chi connectivity index (χ3v) is 3.25. The van der Waals surface area contributed by atoms with Gasteiger partial charge in [0.2, 0.25) is 0 Å². The molecule has 3 rings (SSSR count). The molecule has 0 amide bonds. The second-order valence-electron chi connectivity index (χ2n) is 4.77. The molecule has 0 radical (unpaired) electrons. The van der Waals surface area contributed by atoms with Gasteiger partial charge < -0.3 is 15.8 Å². The van der Waals surface area contributed by atoms with Gasteiger partial charge in [-0.1, -0.05) is 12.1 Å². The van der Waals surface area contributed by atoms with E-state index in [1.807, 2.05) is 36.5 Å². The molecule has 0 aliphatic carbocycles. The molecule has 98 valence electrons. The van der Waals surface area contributed by atoms with Crippen molar-refractivity contribution in [3.8, 4) is 16.9 Å². The maximum Gasteiger partial charge on any atom is 0.138 e. The zero-order valence-electron chi connectivity index (χ0n) is 10.7. The van der Waals surface area contributed by atoms with Crippen molar-refractivity contribution in [3.63, 3.8) is 0 Å². The van der Waals surface area contributed by atoms with E-state index in [4.69, 9.17) is 10.5 Å². The molecular weight excluding hydrogens is 238 g/mol. The molecule has 1 saturated heterocycles. The van der Waals surface area contributed by atoms with Crippen LogP contribution in [0.3, 0.4) is 0 Å². The highest BCUT2D eigenvalue weighted by Gasteiger charge is 2.16. The zero-order chi connectivity index (χ0) is 13.1. The van der Waals surface area contributed by atoms with Crippen LogP contribution in [-0.2, 0) is 0 Å². The fourth-order valence-electron chi connectivity index (χ4n) is 2.28. The van der Waals surface area contributed by atoms with Gasteiger partial charge in [0.05, 0.1) is 6.20 Å². The van der Waals surface area contributed by atoms with E-state index in [0.717, 1.165) is 42.1 Å². The summed E-state index contributed by atoms with van der Waals surface area (Å²) in [6.45, 7) is 1.93. The van der Waals surface area contributed by atoms with Crippen molar-refractivity contribution in [1.82, 2.24) is 10.3 Å². The Hall–Kier alpha value is -2.07. The van der Waals surface area contributed by atoms with Crippen LogP contribution in [-0.4, -0.2) is 24.2 Å². The zero-order valence-corrected chi connectivity index (χ0v) is 10.7. The van der Waals surface area contributed by atoms with Gasteiger partial charge in [0, 0.05) is 24.0 Å². The molecule has 2 aromatic rings. The molecule has 1 aliphatic rings. The van der Waals surface area contributed by atoms with Gasteiger partial charge >= 0.3 is 0 Å². The summed E-state index contributed by atoms with van der Waals surface area (Å²) in [5.41, 5.74) is 8.64. The van der Waals surface area contributed by atoms with E-state index in [0.29, 0.717) is 0 Å². The van der Waals surface area contributed by atoms with E-state index < -0.39 is 0 Å². The summed E-state index contributed by atoms with van der Waals surface area (Å²) >= 11 is 0. The highest BCUT2D eigenvalue weighted by Crippen LogP contribution is 2.25. The van der Waals surface area contributed by atoms with Crippen molar-refractivity contribution >= 4 is 5.69 Å². The molecule has 0 spiro atoms. The molecule has 1 aliphatic heterocycles. The number of benzene rings is 1.